The average molecular weight is 377 g/mol. The number of nitrogens with zero attached hydrogens (tertiary/aromatic N) is 1. The van der Waals surface area contributed by atoms with Crippen molar-refractivity contribution in [3.8, 4) is 0 Å². The lowest BCUT2D eigenvalue weighted by atomic mass is 10.2. The zero-order valence-electron chi connectivity index (χ0n) is 12.2. The van der Waals surface area contributed by atoms with Crippen LogP contribution in [0.4, 0.5) is 5.69 Å². The SMILES string of the molecule is O=C(COC(=O)c1ccc(Cl)cc1[N+](=O)[O-])N[C@H]1CCS(=O)(=O)C1. The fourth-order valence-electron chi connectivity index (χ4n) is 2.22. The van der Waals surface area contributed by atoms with Crippen LogP contribution in [-0.4, -0.2) is 49.4 Å². The Labute approximate surface area is 142 Å². The molecule has 1 N–H and O–H groups in total. The monoisotopic (exact) mass is 376 g/mol. The van der Waals surface area contributed by atoms with Crippen molar-refractivity contribution >= 4 is 39.0 Å². The summed E-state index contributed by atoms with van der Waals surface area (Å²) < 4.78 is 27.3. The number of benzene rings is 1. The molecule has 1 amide bonds. The number of rotatable bonds is 5. The number of halogens is 1. The Balaban J connectivity index is 1.94. The van der Waals surface area contributed by atoms with Gasteiger partial charge in [-0.05, 0) is 18.6 Å². The number of ether oxygens (including phenoxy) is 1. The molecule has 1 aromatic carbocycles. The third-order valence-electron chi connectivity index (χ3n) is 3.31. The molecule has 0 unspecified atom stereocenters. The van der Waals surface area contributed by atoms with Crippen LogP contribution in [0.1, 0.15) is 16.8 Å². The van der Waals surface area contributed by atoms with E-state index < -0.39 is 45.0 Å². The predicted molar refractivity (Wildman–Crippen MR) is 83.6 cm³/mol. The minimum absolute atomic E-state index is 0.00525. The fourth-order valence-corrected chi connectivity index (χ4v) is 4.06. The molecule has 0 bridgehead atoms. The van der Waals surface area contributed by atoms with E-state index in [0.29, 0.717) is 6.42 Å². The van der Waals surface area contributed by atoms with Gasteiger partial charge < -0.3 is 10.1 Å². The fraction of sp³-hybridized carbons (Fsp3) is 0.385. The molecule has 1 fully saturated rings. The first-order valence-corrected chi connectivity index (χ1v) is 8.99. The van der Waals surface area contributed by atoms with Gasteiger partial charge in [0.2, 0.25) is 0 Å². The van der Waals surface area contributed by atoms with Crippen molar-refractivity contribution in [3.05, 3.63) is 38.9 Å². The number of sulfone groups is 1. The van der Waals surface area contributed by atoms with Gasteiger partial charge in [0.1, 0.15) is 5.56 Å². The lowest BCUT2D eigenvalue weighted by molar-refractivity contribution is -0.385. The zero-order chi connectivity index (χ0) is 17.9. The molecule has 1 aromatic rings. The number of nitrogens with one attached hydrogen (secondary N) is 1. The Kier molecular flexibility index (Phi) is 5.40. The van der Waals surface area contributed by atoms with Crippen LogP contribution in [0.3, 0.4) is 0 Å². The molecule has 0 saturated carbocycles. The highest BCUT2D eigenvalue weighted by Crippen LogP contribution is 2.23. The van der Waals surface area contributed by atoms with E-state index in [1.54, 1.807) is 0 Å². The second-order valence-corrected chi connectivity index (χ2v) is 7.83. The summed E-state index contributed by atoms with van der Waals surface area (Å²) >= 11 is 5.64. The summed E-state index contributed by atoms with van der Waals surface area (Å²) in [5.41, 5.74) is -0.865. The van der Waals surface area contributed by atoms with Crippen LogP contribution in [0.25, 0.3) is 0 Å². The highest BCUT2D eigenvalue weighted by atomic mass is 35.5. The van der Waals surface area contributed by atoms with Crippen LogP contribution in [0, 0.1) is 10.1 Å². The molecule has 130 valence electrons. The molecule has 9 nitrogen and oxygen atoms in total. The normalized spacial score (nSPS) is 18.8. The molecular formula is C13H13ClN2O7S. The van der Waals surface area contributed by atoms with Crippen molar-refractivity contribution in [1.29, 1.82) is 0 Å². The third-order valence-corrected chi connectivity index (χ3v) is 5.31. The Morgan fingerprint density at radius 1 is 1.42 bits per heavy atom. The van der Waals surface area contributed by atoms with Gasteiger partial charge in [-0.1, -0.05) is 11.6 Å². The van der Waals surface area contributed by atoms with Crippen molar-refractivity contribution in [2.45, 2.75) is 12.5 Å². The van der Waals surface area contributed by atoms with Crippen molar-refractivity contribution in [3.63, 3.8) is 0 Å². The lowest BCUT2D eigenvalue weighted by Crippen LogP contribution is -2.38. The second kappa shape index (κ2) is 7.14. The van der Waals surface area contributed by atoms with Gasteiger partial charge in [-0.15, -0.1) is 0 Å². The molecule has 1 heterocycles. The van der Waals surface area contributed by atoms with Gasteiger partial charge >= 0.3 is 5.97 Å². The minimum Gasteiger partial charge on any atom is -0.452 e. The maximum Gasteiger partial charge on any atom is 0.345 e. The first-order valence-electron chi connectivity index (χ1n) is 6.79. The molecular weight excluding hydrogens is 364 g/mol. The van der Waals surface area contributed by atoms with Gasteiger partial charge in [-0.25, -0.2) is 13.2 Å². The molecule has 1 aliphatic heterocycles. The van der Waals surface area contributed by atoms with Crippen LogP contribution < -0.4 is 5.32 Å². The summed E-state index contributed by atoms with van der Waals surface area (Å²) in [5, 5.41) is 13.4. The first-order chi connectivity index (χ1) is 11.2. The molecule has 1 aliphatic rings. The molecule has 0 spiro atoms. The molecule has 0 aliphatic carbocycles. The van der Waals surface area contributed by atoms with Gasteiger partial charge in [0.05, 0.1) is 16.4 Å². The van der Waals surface area contributed by atoms with Crippen molar-refractivity contribution < 1.29 is 27.7 Å². The molecule has 24 heavy (non-hydrogen) atoms. The maximum absolute atomic E-state index is 11.9. The van der Waals surface area contributed by atoms with E-state index in [9.17, 15) is 28.1 Å². The van der Waals surface area contributed by atoms with Gasteiger partial charge in [0, 0.05) is 17.1 Å². The zero-order valence-corrected chi connectivity index (χ0v) is 13.8. The number of amides is 1. The summed E-state index contributed by atoms with van der Waals surface area (Å²) in [4.78, 5) is 33.7. The average Bonchev–Trinajstić information content (AvgIpc) is 2.83. The number of esters is 1. The smallest absolute Gasteiger partial charge is 0.345 e. The number of hydrogen-bond acceptors (Lipinski definition) is 7. The van der Waals surface area contributed by atoms with Gasteiger partial charge in [0.25, 0.3) is 11.6 Å². The molecule has 0 aromatic heterocycles. The Morgan fingerprint density at radius 3 is 2.71 bits per heavy atom. The van der Waals surface area contributed by atoms with E-state index >= 15 is 0 Å². The van der Waals surface area contributed by atoms with E-state index in [-0.39, 0.29) is 22.1 Å². The highest BCUT2D eigenvalue weighted by Gasteiger charge is 2.29. The van der Waals surface area contributed by atoms with Crippen LogP contribution in [0.2, 0.25) is 5.02 Å². The molecule has 11 heteroatoms. The highest BCUT2D eigenvalue weighted by molar-refractivity contribution is 7.91. The quantitative estimate of drug-likeness (QED) is 0.454. The Hall–Kier alpha value is -2.20. The minimum atomic E-state index is -3.14. The number of hydrogen-bond donors (Lipinski definition) is 1. The van der Waals surface area contributed by atoms with Crippen LogP contribution in [-0.2, 0) is 19.4 Å². The summed E-state index contributed by atoms with van der Waals surface area (Å²) in [6.07, 6.45) is 0.296. The molecule has 2 rings (SSSR count). The first kappa shape index (κ1) is 18.1. The Bertz CT molecular complexity index is 794. The van der Waals surface area contributed by atoms with Crippen molar-refractivity contribution in [1.82, 2.24) is 5.32 Å². The van der Waals surface area contributed by atoms with Crippen LogP contribution in [0.15, 0.2) is 18.2 Å². The summed E-state index contributed by atoms with van der Waals surface area (Å²) in [7, 11) is -3.14. The largest absolute Gasteiger partial charge is 0.452 e. The Morgan fingerprint density at radius 2 is 2.12 bits per heavy atom. The van der Waals surface area contributed by atoms with Crippen molar-refractivity contribution in [2.24, 2.45) is 0 Å². The maximum atomic E-state index is 11.9. The third kappa shape index (κ3) is 4.65. The molecule has 0 radical (unpaired) electrons. The number of nitro benzene ring substituents is 1. The van der Waals surface area contributed by atoms with Crippen molar-refractivity contribution in [2.75, 3.05) is 18.1 Å². The topological polar surface area (TPSA) is 133 Å². The van der Waals surface area contributed by atoms with E-state index in [0.717, 1.165) is 12.1 Å². The van der Waals surface area contributed by atoms with E-state index in [2.05, 4.69) is 5.32 Å². The number of carbonyl (C=O) groups excluding carboxylic acids is 2. The summed E-state index contributed by atoms with van der Waals surface area (Å²) in [6, 6.07) is 2.89. The summed E-state index contributed by atoms with van der Waals surface area (Å²) in [6.45, 7) is -0.671. The van der Waals surface area contributed by atoms with Crippen LogP contribution in [0.5, 0.6) is 0 Å². The van der Waals surface area contributed by atoms with E-state index in [4.69, 9.17) is 16.3 Å². The molecule has 1 atom stereocenters. The number of nitro groups is 1. The standard InChI is InChI=1S/C13H13ClN2O7S/c14-8-1-2-10(11(5-8)16(19)20)13(18)23-6-12(17)15-9-3-4-24(21,22)7-9/h1-2,5,9H,3-4,6-7H2,(H,15,17)/t9-/m0/s1. The van der Waals surface area contributed by atoms with E-state index in [1.807, 2.05) is 0 Å². The summed E-state index contributed by atoms with van der Waals surface area (Å²) in [5.74, 6) is -1.89. The second-order valence-electron chi connectivity index (χ2n) is 5.16. The van der Waals surface area contributed by atoms with E-state index in [1.165, 1.54) is 6.07 Å². The predicted octanol–water partition coefficient (Wildman–Crippen LogP) is 0.708. The molecule has 1 saturated heterocycles. The van der Waals surface area contributed by atoms with Gasteiger partial charge in [-0.2, -0.15) is 0 Å². The van der Waals surface area contributed by atoms with Gasteiger partial charge in [0.15, 0.2) is 16.4 Å². The van der Waals surface area contributed by atoms with Gasteiger partial charge in [-0.3, -0.25) is 14.9 Å². The van der Waals surface area contributed by atoms with Crippen LogP contribution >= 0.6 is 11.6 Å². The lowest BCUT2D eigenvalue weighted by Gasteiger charge is -2.11. The number of carbonyl (C=O) groups is 2.